The first-order valence-electron chi connectivity index (χ1n) is 6.19. The SMILES string of the molecule is Cc1ccc(OCC(CBr)C(C)(C)C)c([N+](=O)[O-])c1. The van der Waals surface area contributed by atoms with Gasteiger partial charge < -0.3 is 4.74 Å². The summed E-state index contributed by atoms with van der Waals surface area (Å²) in [7, 11) is 0. The Morgan fingerprint density at radius 3 is 2.53 bits per heavy atom. The molecule has 0 aromatic heterocycles. The van der Waals surface area contributed by atoms with E-state index in [1.165, 1.54) is 6.07 Å². The van der Waals surface area contributed by atoms with E-state index in [0.29, 0.717) is 12.4 Å². The van der Waals surface area contributed by atoms with Crippen molar-refractivity contribution in [1.82, 2.24) is 0 Å². The highest BCUT2D eigenvalue weighted by molar-refractivity contribution is 9.09. The average molecular weight is 330 g/mol. The molecular weight excluding hydrogens is 310 g/mol. The van der Waals surface area contributed by atoms with Crippen LogP contribution in [0, 0.1) is 28.4 Å². The molecule has 1 atom stereocenters. The van der Waals surface area contributed by atoms with Crippen molar-refractivity contribution in [3.8, 4) is 5.75 Å². The van der Waals surface area contributed by atoms with Crippen LogP contribution in [-0.2, 0) is 0 Å². The van der Waals surface area contributed by atoms with Crippen LogP contribution < -0.4 is 4.74 Å². The topological polar surface area (TPSA) is 52.4 Å². The van der Waals surface area contributed by atoms with E-state index < -0.39 is 4.92 Å². The number of halogens is 1. The number of alkyl halides is 1. The smallest absolute Gasteiger partial charge is 0.311 e. The third-order valence-corrected chi connectivity index (χ3v) is 3.94. The van der Waals surface area contributed by atoms with Crippen LogP contribution in [0.4, 0.5) is 5.69 Å². The maximum atomic E-state index is 11.0. The molecule has 106 valence electrons. The summed E-state index contributed by atoms with van der Waals surface area (Å²) < 4.78 is 5.66. The quantitative estimate of drug-likeness (QED) is 0.458. The number of benzene rings is 1. The van der Waals surface area contributed by atoms with E-state index in [9.17, 15) is 10.1 Å². The van der Waals surface area contributed by atoms with Gasteiger partial charge in [0.25, 0.3) is 0 Å². The maximum absolute atomic E-state index is 11.0. The van der Waals surface area contributed by atoms with E-state index in [4.69, 9.17) is 4.74 Å². The van der Waals surface area contributed by atoms with Gasteiger partial charge in [0.05, 0.1) is 11.5 Å². The van der Waals surface area contributed by atoms with Crippen molar-refractivity contribution in [3.05, 3.63) is 33.9 Å². The van der Waals surface area contributed by atoms with Crippen molar-refractivity contribution in [1.29, 1.82) is 0 Å². The van der Waals surface area contributed by atoms with E-state index in [1.54, 1.807) is 6.07 Å². The second-order valence-electron chi connectivity index (χ2n) is 5.76. The molecule has 0 spiro atoms. The summed E-state index contributed by atoms with van der Waals surface area (Å²) in [5.74, 6) is 0.624. The molecule has 19 heavy (non-hydrogen) atoms. The zero-order valence-electron chi connectivity index (χ0n) is 11.8. The second kappa shape index (κ2) is 6.37. The normalized spacial score (nSPS) is 13.1. The number of rotatable bonds is 5. The summed E-state index contributed by atoms with van der Waals surface area (Å²) >= 11 is 3.47. The molecule has 1 aromatic carbocycles. The Morgan fingerprint density at radius 1 is 1.42 bits per heavy atom. The number of hydrogen-bond acceptors (Lipinski definition) is 3. The predicted octanol–water partition coefficient (Wildman–Crippen LogP) is 4.34. The molecule has 0 heterocycles. The third-order valence-electron chi connectivity index (χ3n) is 3.16. The molecule has 0 aliphatic heterocycles. The van der Waals surface area contributed by atoms with Crippen LogP contribution >= 0.6 is 15.9 Å². The lowest BCUT2D eigenvalue weighted by Gasteiger charge is -2.28. The molecule has 4 nitrogen and oxygen atoms in total. The van der Waals surface area contributed by atoms with Gasteiger partial charge in [0.15, 0.2) is 5.75 Å². The van der Waals surface area contributed by atoms with Gasteiger partial charge in [-0.05, 0) is 24.0 Å². The fraction of sp³-hybridized carbons (Fsp3) is 0.571. The van der Waals surface area contributed by atoms with Gasteiger partial charge in [-0.1, -0.05) is 42.8 Å². The van der Waals surface area contributed by atoms with Gasteiger partial charge >= 0.3 is 5.69 Å². The molecule has 0 radical (unpaired) electrons. The fourth-order valence-corrected chi connectivity index (χ4v) is 2.77. The molecule has 5 heteroatoms. The van der Waals surface area contributed by atoms with Gasteiger partial charge in [-0.25, -0.2) is 0 Å². The summed E-state index contributed by atoms with van der Waals surface area (Å²) in [6.07, 6.45) is 0. The highest BCUT2D eigenvalue weighted by atomic mass is 79.9. The molecule has 0 fully saturated rings. The summed E-state index contributed by atoms with van der Waals surface area (Å²) in [5.41, 5.74) is 0.970. The molecule has 1 unspecified atom stereocenters. The molecule has 1 rings (SSSR count). The molecule has 0 bridgehead atoms. The van der Waals surface area contributed by atoms with Gasteiger partial charge in [0.1, 0.15) is 0 Å². The molecule has 0 aliphatic rings. The largest absolute Gasteiger partial charge is 0.486 e. The lowest BCUT2D eigenvalue weighted by Crippen LogP contribution is -2.28. The number of hydrogen-bond donors (Lipinski definition) is 0. The second-order valence-corrected chi connectivity index (χ2v) is 6.40. The number of nitro benzene ring substituents is 1. The van der Waals surface area contributed by atoms with Gasteiger partial charge in [-0.15, -0.1) is 0 Å². The van der Waals surface area contributed by atoms with E-state index in [2.05, 4.69) is 36.7 Å². The highest BCUT2D eigenvalue weighted by Gasteiger charge is 2.25. The Morgan fingerprint density at radius 2 is 2.05 bits per heavy atom. The van der Waals surface area contributed by atoms with Crippen molar-refractivity contribution >= 4 is 21.6 Å². The highest BCUT2D eigenvalue weighted by Crippen LogP contribution is 2.31. The van der Waals surface area contributed by atoms with Crippen molar-refractivity contribution in [2.75, 3.05) is 11.9 Å². The van der Waals surface area contributed by atoms with Crippen LogP contribution in [0.5, 0.6) is 5.75 Å². The third kappa shape index (κ3) is 4.49. The van der Waals surface area contributed by atoms with Crippen LogP contribution in [0.2, 0.25) is 0 Å². The first-order valence-corrected chi connectivity index (χ1v) is 7.31. The summed E-state index contributed by atoms with van der Waals surface area (Å²) in [5, 5.41) is 11.8. The van der Waals surface area contributed by atoms with Crippen molar-refractivity contribution in [2.24, 2.45) is 11.3 Å². The van der Waals surface area contributed by atoms with E-state index in [-0.39, 0.29) is 17.0 Å². The van der Waals surface area contributed by atoms with Crippen molar-refractivity contribution < 1.29 is 9.66 Å². The standard InChI is InChI=1S/C14H20BrNO3/c1-10-5-6-13(12(7-10)16(17)18)19-9-11(8-15)14(2,3)4/h5-7,11H,8-9H2,1-4H3. The fourth-order valence-electron chi connectivity index (χ4n) is 1.61. The molecule has 0 saturated carbocycles. The van der Waals surface area contributed by atoms with Crippen LogP contribution in [0.3, 0.4) is 0 Å². The molecule has 0 N–H and O–H groups in total. The first kappa shape index (κ1) is 16.0. The first-order chi connectivity index (χ1) is 8.75. The Hall–Kier alpha value is -1.10. The molecule has 0 saturated heterocycles. The van der Waals surface area contributed by atoms with E-state index >= 15 is 0 Å². The summed E-state index contributed by atoms with van der Waals surface area (Å²) in [6.45, 7) is 8.68. The minimum absolute atomic E-state index is 0.0298. The summed E-state index contributed by atoms with van der Waals surface area (Å²) in [6, 6.07) is 5.03. The predicted molar refractivity (Wildman–Crippen MR) is 80.1 cm³/mol. The van der Waals surface area contributed by atoms with Crippen LogP contribution in [-0.4, -0.2) is 16.9 Å². The minimum Gasteiger partial charge on any atom is -0.486 e. The monoisotopic (exact) mass is 329 g/mol. The number of ether oxygens (including phenoxy) is 1. The molecule has 1 aromatic rings. The number of nitrogens with zero attached hydrogens (tertiary/aromatic N) is 1. The van der Waals surface area contributed by atoms with Crippen molar-refractivity contribution in [2.45, 2.75) is 27.7 Å². The van der Waals surface area contributed by atoms with Gasteiger partial charge in [-0.2, -0.15) is 0 Å². The molecule has 0 aliphatic carbocycles. The number of nitro groups is 1. The minimum atomic E-state index is -0.400. The summed E-state index contributed by atoms with van der Waals surface area (Å²) in [4.78, 5) is 10.6. The average Bonchev–Trinajstić information content (AvgIpc) is 2.29. The number of aryl methyl sites for hydroxylation is 1. The lowest BCUT2D eigenvalue weighted by atomic mass is 9.83. The Balaban J connectivity index is 2.86. The molecular formula is C14H20BrNO3. The zero-order chi connectivity index (χ0) is 14.6. The van der Waals surface area contributed by atoms with Gasteiger partial charge in [0.2, 0.25) is 0 Å². The van der Waals surface area contributed by atoms with Crippen LogP contribution in [0.15, 0.2) is 18.2 Å². The van der Waals surface area contributed by atoms with E-state index in [0.717, 1.165) is 10.9 Å². The van der Waals surface area contributed by atoms with E-state index in [1.807, 2.05) is 13.0 Å². The van der Waals surface area contributed by atoms with Crippen LogP contribution in [0.1, 0.15) is 26.3 Å². The van der Waals surface area contributed by atoms with Crippen LogP contribution in [0.25, 0.3) is 0 Å². The Labute approximate surface area is 122 Å². The van der Waals surface area contributed by atoms with Gasteiger partial charge in [0, 0.05) is 17.3 Å². The molecule has 0 amide bonds. The Bertz CT molecular complexity index is 454. The zero-order valence-corrected chi connectivity index (χ0v) is 13.4. The lowest BCUT2D eigenvalue weighted by molar-refractivity contribution is -0.386. The maximum Gasteiger partial charge on any atom is 0.311 e. The van der Waals surface area contributed by atoms with Crippen molar-refractivity contribution in [3.63, 3.8) is 0 Å². The Kier molecular flexibility index (Phi) is 5.35. The van der Waals surface area contributed by atoms with Gasteiger partial charge in [-0.3, -0.25) is 10.1 Å².